The van der Waals surface area contributed by atoms with Crippen molar-refractivity contribution in [3.05, 3.63) is 22.8 Å². The molecule has 1 aromatic heterocycles. The molecule has 1 fully saturated rings. The molecule has 1 aliphatic heterocycles. The summed E-state index contributed by atoms with van der Waals surface area (Å²) in [6.07, 6.45) is 4.59. The van der Waals surface area contributed by atoms with Gasteiger partial charge in [-0.25, -0.2) is 4.98 Å². The maximum atomic E-state index is 12.4. The smallest absolute Gasteiger partial charge is 0.255 e. The number of rotatable bonds is 5. The van der Waals surface area contributed by atoms with Crippen molar-refractivity contribution in [3.8, 4) is 0 Å². The summed E-state index contributed by atoms with van der Waals surface area (Å²) in [6.45, 7) is 4.31. The molecule has 0 atom stereocenters. The van der Waals surface area contributed by atoms with Crippen LogP contribution in [0, 0.1) is 0 Å². The summed E-state index contributed by atoms with van der Waals surface area (Å²) in [4.78, 5) is 18.5. The van der Waals surface area contributed by atoms with Gasteiger partial charge >= 0.3 is 0 Å². The number of piperidine rings is 1. The van der Waals surface area contributed by atoms with Gasteiger partial charge in [0.1, 0.15) is 5.82 Å². The fraction of sp³-hybridized carbons (Fsp3) is 0.600. The summed E-state index contributed by atoms with van der Waals surface area (Å²) in [7, 11) is 1.72. The predicted molar refractivity (Wildman–Crippen MR) is 84.0 cm³/mol. The third kappa shape index (κ3) is 4.08. The van der Waals surface area contributed by atoms with Gasteiger partial charge in [0, 0.05) is 32.9 Å². The molecule has 0 saturated carbocycles. The van der Waals surface area contributed by atoms with Crippen molar-refractivity contribution in [2.24, 2.45) is 0 Å². The van der Waals surface area contributed by atoms with Crippen LogP contribution in [0.3, 0.4) is 0 Å². The highest BCUT2D eigenvalue weighted by Gasteiger charge is 2.24. The van der Waals surface area contributed by atoms with Crippen LogP contribution in [0.5, 0.6) is 0 Å². The molecule has 0 unspecified atom stereocenters. The zero-order valence-corrected chi connectivity index (χ0v) is 13.3. The van der Waals surface area contributed by atoms with Crippen LogP contribution in [-0.4, -0.2) is 48.6 Å². The van der Waals surface area contributed by atoms with Gasteiger partial charge in [-0.1, -0.05) is 18.5 Å². The van der Waals surface area contributed by atoms with Gasteiger partial charge < -0.3 is 15.0 Å². The maximum absolute atomic E-state index is 12.4. The highest BCUT2D eigenvalue weighted by Crippen LogP contribution is 2.22. The molecular formula is C15H22ClN3O2. The van der Waals surface area contributed by atoms with E-state index >= 15 is 0 Å². The van der Waals surface area contributed by atoms with Gasteiger partial charge in [-0.3, -0.25) is 4.79 Å². The van der Waals surface area contributed by atoms with Gasteiger partial charge in [-0.15, -0.1) is 0 Å². The predicted octanol–water partition coefficient (Wildman–Crippen LogP) is 2.81. The Balaban J connectivity index is 2.01. The lowest BCUT2D eigenvalue weighted by molar-refractivity contribution is 0.0350. The van der Waals surface area contributed by atoms with Gasteiger partial charge in [0.25, 0.3) is 5.91 Å². The van der Waals surface area contributed by atoms with Crippen molar-refractivity contribution in [3.63, 3.8) is 0 Å². The molecule has 1 aromatic rings. The Labute approximate surface area is 130 Å². The van der Waals surface area contributed by atoms with E-state index in [0.29, 0.717) is 29.5 Å². The van der Waals surface area contributed by atoms with Crippen molar-refractivity contribution >= 4 is 23.3 Å². The molecule has 0 spiro atoms. The number of carbonyl (C=O) groups excluding carboxylic acids is 1. The lowest BCUT2D eigenvalue weighted by Crippen LogP contribution is -2.40. The average molecular weight is 312 g/mol. The zero-order valence-electron chi connectivity index (χ0n) is 12.6. The van der Waals surface area contributed by atoms with E-state index in [9.17, 15) is 4.79 Å². The molecule has 5 nitrogen and oxygen atoms in total. The van der Waals surface area contributed by atoms with E-state index in [1.807, 2.05) is 4.90 Å². The van der Waals surface area contributed by atoms with Crippen LogP contribution in [0.15, 0.2) is 12.3 Å². The van der Waals surface area contributed by atoms with Crippen molar-refractivity contribution in [1.82, 2.24) is 9.88 Å². The molecule has 6 heteroatoms. The molecule has 0 bridgehead atoms. The number of nitrogens with one attached hydrogen (secondary N) is 1. The summed E-state index contributed by atoms with van der Waals surface area (Å²) in [5.41, 5.74) is 0.540. The molecule has 1 saturated heterocycles. The van der Waals surface area contributed by atoms with Crippen molar-refractivity contribution < 1.29 is 9.53 Å². The van der Waals surface area contributed by atoms with Crippen LogP contribution in [0.4, 0.5) is 5.82 Å². The van der Waals surface area contributed by atoms with Crippen LogP contribution in [0.2, 0.25) is 5.02 Å². The van der Waals surface area contributed by atoms with Crippen molar-refractivity contribution in [2.75, 3.05) is 32.1 Å². The van der Waals surface area contributed by atoms with E-state index < -0.39 is 0 Å². The van der Waals surface area contributed by atoms with E-state index in [1.165, 1.54) is 0 Å². The van der Waals surface area contributed by atoms with E-state index in [4.69, 9.17) is 16.3 Å². The number of amides is 1. The Kier molecular flexibility index (Phi) is 5.82. The molecular weight excluding hydrogens is 290 g/mol. The summed E-state index contributed by atoms with van der Waals surface area (Å²) in [5.74, 6) is 0.620. The number of ether oxygens (including phenoxy) is 1. The third-order valence-electron chi connectivity index (χ3n) is 3.69. The molecule has 1 N–H and O–H groups in total. The Morgan fingerprint density at radius 1 is 1.52 bits per heavy atom. The largest absolute Gasteiger partial charge is 0.381 e. The first-order valence-electron chi connectivity index (χ1n) is 7.37. The Morgan fingerprint density at radius 2 is 2.24 bits per heavy atom. The van der Waals surface area contributed by atoms with E-state index in [2.05, 4.69) is 17.2 Å². The minimum Gasteiger partial charge on any atom is -0.381 e. The fourth-order valence-electron chi connectivity index (χ4n) is 2.41. The van der Waals surface area contributed by atoms with Crippen molar-refractivity contribution in [2.45, 2.75) is 32.3 Å². The first-order chi connectivity index (χ1) is 10.2. The van der Waals surface area contributed by atoms with Gasteiger partial charge in [0.15, 0.2) is 0 Å². The SMILES string of the molecule is CCCNc1ncc(C(=O)N2CCC(OC)CC2)cc1Cl. The van der Waals surface area contributed by atoms with Crippen LogP contribution in [0.25, 0.3) is 0 Å². The second-order valence-corrected chi connectivity index (χ2v) is 5.62. The highest BCUT2D eigenvalue weighted by molar-refractivity contribution is 6.33. The standard InChI is InChI=1S/C15H22ClN3O2/c1-3-6-17-14-13(16)9-11(10-18-14)15(20)19-7-4-12(21-2)5-8-19/h9-10,12H,3-8H2,1-2H3,(H,17,18). The summed E-state index contributed by atoms with van der Waals surface area (Å²) in [6, 6.07) is 1.69. The lowest BCUT2D eigenvalue weighted by Gasteiger charge is -2.31. The zero-order chi connectivity index (χ0) is 15.2. The summed E-state index contributed by atoms with van der Waals surface area (Å²) < 4.78 is 5.32. The molecule has 21 heavy (non-hydrogen) atoms. The molecule has 2 heterocycles. The van der Waals surface area contributed by atoms with E-state index in [-0.39, 0.29) is 12.0 Å². The molecule has 1 aliphatic rings. The first kappa shape index (κ1) is 16.0. The number of nitrogens with zero attached hydrogens (tertiary/aromatic N) is 2. The Bertz CT molecular complexity index is 488. The number of methoxy groups -OCH3 is 1. The topological polar surface area (TPSA) is 54.5 Å². The molecule has 2 rings (SSSR count). The number of hydrogen-bond acceptors (Lipinski definition) is 4. The number of hydrogen-bond donors (Lipinski definition) is 1. The normalized spacial score (nSPS) is 16.0. The number of aromatic nitrogens is 1. The Morgan fingerprint density at radius 3 is 2.81 bits per heavy atom. The minimum atomic E-state index is -0.0130. The number of halogens is 1. The number of likely N-dealkylation sites (tertiary alicyclic amines) is 1. The highest BCUT2D eigenvalue weighted by atomic mass is 35.5. The molecule has 0 aliphatic carbocycles. The quantitative estimate of drug-likeness (QED) is 0.908. The van der Waals surface area contributed by atoms with Crippen LogP contribution in [-0.2, 0) is 4.74 Å². The lowest BCUT2D eigenvalue weighted by atomic mass is 10.1. The number of anilines is 1. The molecule has 0 aromatic carbocycles. The molecule has 1 amide bonds. The second-order valence-electron chi connectivity index (χ2n) is 5.21. The second kappa shape index (κ2) is 7.61. The monoisotopic (exact) mass is 311 g/mol. The van der Waals surface area contributed by atoms with Gasteiger partial charge in [0.05, 0.1) is 16.7 Å². The Hall–Kier alpha value is -1.33. The van der Waals surface area contributed by atoms with Gasteiger partial charge in [0.2, 0.25) is 0 Å². The number of carbonyl (C=O) groups is 1. The van der Waals surface area contributed by atoms with E-state index in [1.54, 1.807) is 19.4 Å². The van der Waals surface area contributed by atoms with Crippen LogP contribution in [0.1, 0.15) is 36.5 Å². The maximum Gasteiger partial charge on any atom is 0.255 e. The van der Waals surface area contributed by atoms with Crippen molar-refractivity contribution in [1.29, 1.82) is 0 Å². The molecule has 0 radical (unpaired) electrons. The average Bonchev–Trinajstić information content (AvgIpc) is 2.53. The van der Waals surface area contributed by atoms with Crippen LogP contribution < -0.4 is 5.32 Å². The van der Waals surface area contributed by atoms with Gasteiger partial charge in [-0.05, 0) is 25.3 Å². The summed E-state index contributed by atoms with van der Waals surface area (Å²) in [5, 5.41) is 3.62. The minimum absolute atomic E-state index is 0.0130. The number of pyridine rings is 1. The first-order valence-corrected chi connectivity index (χ1v) is 7.75. The van der Waals surface area contributed by atoms with Gasteiger partial charge in [-0.2, -0.15) is 0 Å². The van der Waals surface area contributed by atoms with E-state index in [0.717, 1.165) is 25.8 Å². The third-order valence-corrected chi connectivity index (χ3v) is 3.98. The van der Waals surface area contributed by atoms with Crippen LogP contribution >= 0.6 is 11.6 Å². The summed E-state index contributed by atoms with van der Waals surface area (Å²) >= 11 is 6.18. The molecule has 116 valence electrons. The fourth-order valence-corrected chi connectivity index (χ4v) is 2.64.